The number of anilines is 1. The third-order valence-corrected chi connectivity index (χ3v) is 1.90. The van der Waals surface area contributed by atoms with Crippen LogP contribution in [0.4, 0.5) is 9.93 Å². The molecule has 0 aliphatic heterocycles. The number of hydrazone groups is 1. The number of nitrogens with zero attached hydrogens (tertiary/aromatic N) is 2. The molecule has 70 valence electrons. The number of primary amides is 1. The Labute approximate surface area is 78.6 Å². The van der Waals surface area contributed by atoms with Crippen LogP contribution in [0.5, 0.6) is 0 Å². The molecule has 1 heterocycles. The predicted molar refractivity (Wildman–Crippen MR) is 51.5 cm³/mol. The molecule has 1 aromatic rings. The van der Waals surface area contributed by atoms with Gasteiger partial charge in [-0.2, -0.15) is 5.10 Å². The third-order valence-electron chi connectivity index (χ3n) is 1.23. The lowest BCUT2D eigenvalue weighted by Crippen LogP contribution is -2.25. The molecule has 1 rings (SSSR count). The summed E-state index contributed by atoms with van der Waals surface area (Å²) in [6, 6.07) is -0.706. The molecule has 0 fully saturated rings. The van der Waals surface area contributed by atoms with E-state index in [2.05, 4.69) is 15.5 Å². The van der Waals surface area contributed by atoms with Crippen molar-refractivity contribution in [2.24, 2.45) is 10.8 Å². The highest BCUT2D eigenvalue weighted by atomic mass is 32.1. The van der Waals surface area contributed by atoms with Crippen molar-refractivity contribution in [1.82, 2.24) is 10.4 Å². The summed E-state index contributed by atoms with van der Waals surface area (Å²) in [4.78, 5) is 14.3. The summed E-state index contributed by atoms with van der Waals surface area (Å²) in [7, 11) is 0. The molecule has 6 nitrogen and oxygen atoms in total. The first-order chi connectivity index (χ1) is 6.09. The average Bonchev–Trinajstić information content (AvgIpc) is 2.47. The van der Waals surface area contributed by atoms with Gasteiger partial charge in [0.2, 0.25) is 0 Å². The number of nitrogens with two attached hydrogens (primary N) is 2. The van der Waals surface area contributed by atoms with Crippen molar-refractivity contribution in [3.63, 3.8) is 0 Å². The van der Waals surface area contributed by atoms with Gasteiger partial charge in [0.1, 0.15) is 0 Å². The second kappa shape index (κ2) is 3.85. The number of nitrogen functional groups attached to an aromatic ring is 1. The summed E-state index contributed by atoms with van der Waals surface area (Å²) in [5.74, 6) is 0. The third kappa shape index (κ3) is 2.71. The van der Waals surface area contributed by atoms with Crippen molar-refractivity contribution >= 4 is 28.2 Å². The second-order valence-corrected chi connectivity index (χ2v) is 3.13. The van der Waals surface area contributed by atoms with Gasteiger partial charge in [-0.1, -0.05) is 0 Å². The van der Waals surface area contributed by atoms with Gasteiger partial charge in [0.05, 0.1) is 11.4 Å². The van der Waals surface area contributed by atoms with Crippen LogP contribution in [-0.4, -0.2) is 16.7 Å². The molecule has 7 heteroatoms. The first kappa shape index (κ1) is 9.46. The summed E-state index contributed by atoms with van der Waals surface area (Å²) in [5.41, 5.74) is 13.5. The van der Waals surface area contributed by atoms with Gasteiger partial charge in [-0.25, -0.2) is 15.2 Å². The van der Waals surface area contributed by atoms with Crippen molar-refractivity contribution in [2.75, 3.05) is 5.73 Å². The molecule has 0 aromatic carbocycles. The molecule has 2 amide bonds. The van der Waals surface area contributed by atoms with Crippen LogP contribution in [0.3, 0.4) is 0 Å². The predicted octanol–water partition coefficient (Wildman–Crippen LogP) is 0.118. The fourth-order valence-electron chi connectivity index (χ4n) is 0.650. The van der Waals surface area contributed by atoms with E-state index in [-0.39, 0.29) is 0 Å². The molecular weight excluding hydrogens is 190 g/mol. The Morgan fingerprint density at radius 2 is 2.46 bits per heavy atom. The van der Waals surface area contributed by atoms with Gasteiger partial charge in [0, 0.05) is 5.38 Å². The molecule has 0 saturated heterocycles. The highest BCUT2D eigenvalue weighted by Crippen LogP contribution is 2.11. The number of carbonyl (C=O) groups is 1. The second-order valence-electron chi connectivity index (χ2n) is 2.24. The minimum atomic E-state index is -0.706. The quantitative estimate of drug-likeness (QED) is 0.465. The number of carbonyl (C=O) groups excluding carboxylic acids is 1. The van der Waals surface area contributed by atoms with Gasteiger partial charge < -0.3 is 11.5 Å². The normalized spacial score (nSPS) is 11.3. The topological polar surface area (TPSA) is 106 Å². The largest absolute Gasteiger partial charge is 0.375 e. The maximum Gasteiger partial charge on any atom is 0.332 e. The van der Waals surface area contributed by atoms with Crippen molar-refractivity contribution < 1.29 is 4.79 Å². The lowest BCUT2D eigenvalue weighted by Gasteiger charge is -1.94. The highest BCUT2D eigenvalue weighted by Gasteiger charge is 2.02. The lowest BCUT2D eigenvalue weighted by atomic mass is 10.3. The zero-order valence-electron chi connectivity index (χ0n) is 6.94. The molecule has 0 atom stereocenters. The molecule has 5 N–H and O–H groups in total. The molecule has 0 bridgehead atoms. The lowest BCUT2D eigenvalue weighted by molar-refractivity contribution is 0.249. The number of nitrogens with one attached hydrogen (secondary N) is 1. The fourth-order valence-corrected chi connectivity index (χ4v) is 1.26. The maximum atomic E-state index is 10.3. The molecule has 0 unspecified atom stereocenters. The van der Waals surface area contributed by atoms with Crippen LogP contribution in [0.2, 0.25) is 0 Å². The Hall–Kier alpha value is -1.63. The molecule has 0 saturated carbocycles. The maximum absolute atomic E-state index is 10.3. The van der Waals surface area contributed by atoms with E-state index in [1.807, 2.05) is 0 Å². The minimum absolute atomic E-state index is 0.462. The number of aromatic nitrogens is 1. The van der Waals surface area contributed by atoms with E-state index in [9.17, 15) is 4.79 Å². The standard InChI is InChI=1S/C6H9N5OS/c1-3(10-11-5(7)12)4-2-13-6(8)9-4/h2H,1H3,(H2,8,9)(H3,7,11,12)/b10-3+. The smallest absolute Gasteiger partial charge is 0.332 e. The summed E-state index contributed by atoms with van der Waals surface area (Å²) >= 11 is 1.31. The summed E-state index contributed by atoms with van der Waals surface area (Å²) in [6.45, 7) is 1.70. The van der Waals surface area contributed by atoms with E-state index in [4.69, 9.17) is 11.5 Å². The van der Waals surface area contributed by atoms with Crippen LogP contribution in [-0.2, 0) is 0 Å². The van der Waals surface area contributed by atoms with Crippen LogP contribution in [0, 0.1) is 0 Å². The van der Waals surface area contributed by atoms with Crippen molar-refractivity contribution in [3.8, 4) is 0 Å². The number of hydrogen-bond acceptors (Lipinski definition) is 5. The Morgan fingerprint density at radius 3 is 2.92 bits per heavy atom. The number of urea groups is 1. The SMILES string of the molecule is C/C(=N\NC(N)=O)c1csc(N)n1. The average molecular weight is 199 g/mol. The van der Waals surface area contributed by atoms with E-state index >= 15 is 0 Å². The molecular formula is C6H9N5OS. The first-order valence-electron chi connectivity index (χ1n) is 3.40. The number of rotatable bonds is 2. The van der Waals surface area contributed by atoms with Gasteiger partial charge in [-0.3, -0.25) is 0 Å². The Bertz CT molecular complexity index is 345. The highest BCUT2D eigenvalue weighted by molar-refractivity contribution is 7.13. The van der Waals surface area contributed by atoms with Crippen LogP contribution in [0.1, 0.15) is 12.6 Å². The zero-order valence-corrected chi connectivity index (χ0v) is 7.76. The van der Waals surface area contributed by atoms with Crippen LogP contribution in [0.15, 0.2) is 10.5 Å². The van der Waals surface area contributed by atoms with Crippen LogP contribution in [0.25, 0.3) is 0 Å². The first-order valence-corrected chi connectivity index (χ1v) is 4.28. The van der Waals surface area contributed by atoms with Crippen LogP contribution >= 0.6 is 11.3 Å². The van der Waals surface area contributed by atoms with Crippen molar-refractivity contribution in [3.05, 3.63) is 11.1 Å². The fraction of sp³-hybridized carbons (Fsp3) is 0.167. The Balaban J connectivity index is 2.72. The van der Waals surface area contributed by atoms with Gasteiger partial charge in [0.15, 0.2) is 5.13 Å². The van der Waals surface area contributed by atoms with Gasteiger partial charge in [-0.15, -0.1) is 11.3 Å². The van der Waals surface area contributed by atoms with E-state index < -0.39 is 6.03 Å². The Morgan fingerprint density at radius 1 is 1.77 bits per heavy atom. The van der Waals surface area contributed by atoms with E-state index in [1.54, 1.807) is 12.3 Å². The van der Waals surface area contributed by atoms with E-state index in [1.165, 1.54) is 11.3 Å². The van der Waals surface area contributed by atoms with Gasteiger partial charge in [-0.05, 0) is 6.92 Å². The summed E-state index contributed by atoms with van der Waals surface area (Å²) in [6.07, 6.45) is 0. The monoisotopic (exact) mass is 199 g/mol. The number of hydrogen-bond donors (Lipinski definition) is 3. The van der Waals surface area contributed by atoms with E-state index in [0.29, 0.717) is 16.5 Å². The summed E-state index contributed by atoms with van der Waals surface area (Å²) < 4.78 is 0. The molecule has 0 aliphatic rings. The van der Waals surface area contributed by atoms with Gasteiger partial charge >= 0.3 is 6.03 Å². The van der Waals surface area contributed by atoms with Crippen molar-refractivity contribution in [1.29, 1.82) is 0 Å². The minimum Gasteiger partial charge on any atom is -0.375 e. The Kier molecular flexibility index (Phi) is 2.80. The molecule has 0 radical (unpaired) electrons. The molecule has 0 aliphatic carbocycles. The molecule has 13 heavy (non-hydrogen) atoms. The molecule has 0 spiro atoms. The van der Waals surface area contributed by atoms with E-state index in [0.717, 1.165) is 0 Å². The molecule has 1 aromatic heterocycles. The van der Waals surface area contributed by atoms with Gasteiger partial charge in [0.25, 0.3) is 0 Å². The van der Waals surface area contributed by atoms with Crippen molar-refractivity contribution in [2.45, 2.75) is 6.92 Å². The number of thiazole rings is 1. The van der Waals surface area contributed by atoms with Crippen LogP contribution < -0.4 is 16.9 Å². The number of amides is 2. The zero-order chi connectivity index (χ0) is 9.84. The summed E-state index contributed by atoms with van der Waals surface area (Å²) in [5, 5.41) is 5.90.